The van der Waals surface area contributed by atoms with Gasteiger partial charge in [-0.25, -0.2) is 0 Å². The second-order valence-electron chi connectivity index (χ2n) is 9.60. The first kappa shape index (κ1) is 21.1. The van der Waals surface area contributed by atoms with Gasteiger partial charge in [0.1, 0.15) is 0 Å². The summed E-state index contributed by atoms with van der Waals surface area (Å²) < 4.78 is 0. The summed E-state index contributed by atoms with van der Waals surface area (Å²) >= 11 is 0. The van der Waals surface area contributed by atoms with Gasteiger partial charge in [-0.05, 0) is 60.1 Å². The molecule has 2 N–H and O–H groups in total. The highest BCUT2D eigenvalue weighted by atomic mass is 15.2. The zero-order chi connectivity index (χ0) is 20.1. The van der Waals surface area contributed by atoms with Crippen molar-refractivity contribution in [3.05, 3.63) is 71.3 Å². The van der Waals surface area contributed by atoms with E-state index in [1.54, 1.807) is 0 Å². The third kappa shape index (κ3) is 5.46. The minimum atomic E-state index is 0.177. The number of benzene rings is 2. The van der Waals surface area contributed by atoms with Crippen molar-refractivity contribution in [2.24, 2.45) is 11.7 Å². The third-order valence-electron chi connectivity index (χ3n) is 6.37. The SMILES string of the molecule is CCC(N)N1CCC(Cc2ccccc2)CC1Cc1ccc(C(C)(C)C)cc1. The van der Waals surface area contributed by atoms with Crippen LogP contribution in [0.4, 0.5) is 0 Å². The van der Waals surface area contributed by atoms with Gasteiger partial charge in [0.05, 0.1) is 6.17 Å². The lowest BCUT2D eigenvalue weighted by atomic mass is 9.82. The maximum Gasteiger partial charge on any atom is 0.0571 e. The maximum atomic E-state index is 6.50. The van der Waals surface area contributed by atoms with Crippen molar-refractivity contribution in [1.82, 2.24) is 4.90 Å². The van der Waals surface area contributed by atoms with Crippen LogP contribution in [-0.2, 0) is 18.3 Å². The minimum Gasteiger partial charge on any atom is -0.316 e. The predicted molar refractivity (Wildman–Crippen MR) is 120 cm³/mol. The quantitative estimate of drug-likeness (QED) is 0.714. The lowest BCUT2D eigenvalue weighted by Gasteiger charge is -2.43. The molecule has 0 spiro atoms. The lowest BCUT2D eigenvalue weighted by Crippen LogP contribution is -2.52. The average molecular weight is 379 g/mol. The third-order valence-corrected chi connectivity index (χ3v) is 6.37. The van der Waals surface area contributed by atoms with Gasteiger partial charge in [0.2, 0.25) is 0 Å². The van der Waals surface area contributed by atoms with Gasteiger partial charge >= 0.3 is 0 Å². The van der Waals surface area contributed by atoms with Gasteiger partial charge < -0.3 is 5.73 Å². The van der Waals surface area contributed by atoms with Crippen molar-refractivity contribution < 1.29 is 0 Å². The molecule has 2 aromatic carbocycles. The molecule has 1 aliphatic rings. The van der Waals surface area contributed by atoms with E-state index in [2.05, 4.69) is 87.2 Å². The number of rotatable bonds is 6. The van der Waals surface area contributed by atoms with E-state index in [9.17, 15) is 0 Å². The second kappa shape index (κ2) is 9.24. The molecule has 1 fully saturated rings. The molecule has 28 heavy (non-hydrogen) atoms. The van der Waals surface area contributed by atoms with Gasteiger partial charge in [-0.1, -0.05) is 82.3 Å². The molecule has 2 aromatic rings. The van der Waals surface area contributed by atoms with E-state index in [0.717, 1.165) is 25.3 Å². The van der Waals surface area contributed by atoms with E-state index in [0.29, 0.717) is 6.04 Å². The molecule has 0 aliphatic carbocycles. The molecule has 1 saturated heterocycles. The molecule has 1 heterocycles. The van der Waals surface area contributed by atoms with Gasteiger partial charge in [0.15, 0.2) is 0 Å². The number of nitrogens with two attached hydrogens (primary N) is 1. The van der Waals surface area contributed by atoms with Crippen LogP contribution >= 0.6 is 0 Å². The van der Waals surface area contributed by atoms with Crippen molar-refractivity contribution >= 4 is 0 Å². The summed E-state index contributed by atoms with van der Waals surface area (Å²) in [7, 11) is 0. The Kier molecular flexibility index (Phi) is 6.95. The molecule has 152 valence electrons. The van der Waals surface area contributed by atoms with Gasteiger partial charge in [0.25, 0.3) is 0 Å². The maximum absolute atomic E-state index is 6.50. The fourth-order valence-corrected chi connectivity index (χ4v) is 4.57. The Morgan fingerprint density at radius 3 is 2.21 bits per heavy atom. The first-order valence-corrected chi connectivity index (χ1v) is 11.0. The smallest absolute Gasteiger partial charge is 0.0571 e. The molecular weight excluding hydrogens is 340 g/mol. The van der Waals surface area contributed by atoms with E-state index < -0.39 is 0 Å². The van der Waals surface area contributed by atoms with Crippen LogP contribution in [0.2, 0.25) is 0 Å². The molecule has 0 bridgehead atoms. The molecule has 3 atom stereocenters. The summed E-state index contributed by atoms with van der Waals surface area (Å²) in [5.41, 5.74) is 11.0. The Morgan fingerprint density at radius 2 is 1.61 bits per heavy atom. The van der Waals surface area contributed by atoms with Crippen LogP contribution in [0, 0.1) is 5.92 Å². The summed E-state index contributed by atoms with van der Waals surface area (Å²) in [6.07, 6.45) is 5.98. The molecule has 3 rings (SSSR count). The van der Waals surface area contributed by atoms with Crippen LogP contribution in [0.15, 0.2) is 54.6 Å². The van der Waals surface area contributed by atoms with Gasteiger partial charge in [0, 0.05) is 12.6 Å². The molecule has 0 saturated carbocycles. The van der Waals surface area contributed by atoms with E-state index in [1.807, 2.05) is 0 Å². The molecule has 0 radical (unpaired) electrons. The monoisotopic (exact) mass is 378 g/mol. The van der Waals surface area contributed by atoms with Gasteiger partial charge in [-0.2, -0.15) is 0 Å². The van der Waals surface area contributed by atoms with Crippen LogP contribution in [0.3, 0.4) is 0 Å². The largest absolute Gasteiger partial charge is 0.316 e. The Hall–Kier alpha value is -1.64. The highest BCUT2D eigenvalue weighted by molar-refractivity contribution is 5.28. The standard InChI is InChI=1S/C26H38N2/c1-5-25(27)28-16-15-22(17-20-9-7-6-8-10-20)19-24(28)18-21-11-13-23(14-12-21)26(2,3)4/h6-14,22,24-25H,5,15-19,27H2,1-4H3. The van der Waals surface area contributed by atoms with Crippen LogP contribution in [-0.4, -0.2) is 23.7 Å². The highest BCUT2D eigenvalue weighted by Gasteiger charge is 2.31. The normalized spacial score (nSPS) is 22.2. The Morgan fingerprint density at radius 1 is 0.964 bits per heavy atom. The minimum absolute atomic E-state index is 0.177. The molecule has 0 amide bonds. The molecule has 1 aliphatic heterocycles. The summed E-state index contributed by atoms with van der Waals surface area (Å²) in [4.78, 5) is 2.57. The number of hydrogen-bond acceptors (Lipinski definition) is 2. The predicted octanol–water partition coefficient (Wildman–Crippen LogP) is 5.54. The Labute approximate surface area is 172 Å². The fraction of sp³-hybridized carbons (Fsp3) is 0.538. The van der Waals surface area contributed by atoms with Crippen LogP contribution < -0.4 is 5.73 Å². The summed E-state index contributed by atoms with van der Waals surface area (Å²) in [5, 5.41) is 0. The summed E-state index contributed by atoms with van der Waals surface area (Å²) in [6, 6.07) is 20.8. The van der Waals surface area contributed by atoms with Crippen LogP contribution in [0.5, 0.6) is 0 Å². The molecule has 2 nitrogen and oxygen atoms in total. The van der Waals surface area contributed by atoms with Crippen LogP contribution in [0.25, 0.3) is 0 Å². The number of hydrogen-bond donors (Lipinski definition) is 1. The molecule has 0 aromatic heterocycles. The van der Waals surface area contributed by atoms with E-state index in [4.69, 9.17) is 5.73 Å². The van der Waals surface area contributed by atoms with E-state index >= 15 is 0 Å². The Bertz CT molecular complexity index is 714. The number of nitrogens with zero attached hydrogens (tertiary/aromatic N) is 1. The number of piperidine rings is 1. The zero-order valence-electron chi connectivity index (χ0n) is 18.2. The molecular formula is C26H38N2. The summed E-state index contributed by atoms with van der Waals surface area (Å²) in [5.74, 6) is 0.751. The van der Waals surface area contributed by atoms with E-state index in [-0.39, 0.29) is 11.6 Å². The topological polar surface area (TPSA) is 29.3 Å². The van der Waals surface area contributed by atoms with Gasteiger partial charge in [-0.15, -0.1) is 0 Å². The van der Waals surface area contributed by atoms with Gasteiger partial charge in [-0.3, -0.25) is 4.90 Å². The first-order chi connectivity index (χ1) is 13.4. The second-order valence-corrected chi connectivity index (χ2v) is 9.60. The summed E-state index contributed by atoms with van der Waals surface area (Å²) in [6.45, 7) is 10.2. The van der Waals surface area contributed by atoms with Crippen molar-refractivity contribution in [3.8, 4) is 0 Å². The van der Waals surface area contributed by atoms with Crippen molar-refractivity contribution in [1.29, 1.82) is 0 Å². The van der Waals surface area contributed by atoms with E-state index in [1.165, 1.54) is 36.0 Å². The lowest BCUT2D eigenvalue weighted by molar-refractivity contribution is 0.0673. The molecule has 3 unspecified atom stereocenters. The average Bonchev–Trinajstić information content (AvgIpc) is 2.68. The fourth-order valence-electron chi connectivity index (χ4n) is 4.57. The number of likely N-dealkylation sites (tertiary alicyclic amines) is 1. The molecule has 2 heteroatoms. The van der Waals surface area contributed by atoms with Crippen molar-refractivity contribution in [2.75, 3.05) is 6.54 Å². The van der Waals surface area contributed by atoms with Crippen molar-refractivity contribution in [2.45, 2.75) is 77.4 Å². The van der Waals surface area contributed by atoms with Crippen LogP contribution in [0.1, 0.15) is 63.6 Å². The Balaban J connectivity index is 1.71. The van der Waals surface area contributed by atoms with Crippen molar-refractivity contribution in [3.63, 3.8) is 0 Å². The first-order valence-electron chi connectivity index (χ1n) is 11.0. The zero-order valence-corrected chi connectivity index (χ0v) is 18.2. The highest BCUT2D eigenvalue weighted by Crippen LogP contribution is 2.30.